The van der Waals surface area contributed by atoms with Gasteiger partial charge in [-0.05, 0) is 44.0 Å². The third kappa shape index (κ3) is 4.79. The molecule has 0 saturated carbocycles. The smallest absolute Gasteiger partial charge is 0.359 e. The van der Waals surface area contributed by atoms with Crippen LogP contribution in [-0.2, 0) is 9.53 Å². The number of hydrogen-bond donors (Lipinski definition) is 1. The molecule has 6 nitrogen and oxygen atoms in total. The summed E-state index contributed by atoms with van der Waals surface area (Å²) in [6.07, 6.45) is 1.70. The van der Waals surface area contributed by atoms with Crippen molar-refractivity contribution in [2.24, 2.45) is 0 Å². The van der Waals surface area contributed by atoms with E-state index in [9.17, 15) is 9.59 Å². The molecule has 0 unspecified atom stereocenters. The molecule has 1 atom stereocenters. The molecule has 0 aliphatic heterocycles. The van der Waals surface area contributed by atoms with Crippen molar-refractivity contribution in [3.63, 3.8) is 0 Å². The van der Waals surface area contributed by atoms with Crippen LogP contribution in [0.25, 0.3) is 0 Å². The summed E-state index contributed by atoms with van der Waals surface area (Å²) in [4.78, 5) is 33.5. The Morgan fingerprint density at radius 3 is 2.21 bits per heavy atom. The number of amides is 1. The van der Waals surface area contributed by atoms with E-state index in [-0.39, 0.29) is 5.69 Å². The fourth-order valence-corrected chi connectivity index (χ4v) is 2.82. The van der Waals surface area contributed by atoms with Crippen molar-refractivity contribution in [3.05, 3.63) is 89.0 Å². The molecule has 0 aliphatic carbocycles. The average Bonchev–Trinajstić information content (AvgIpc) is 2.66. The van der Waals surface area contributed by atoms with E-state index in [4.69, 9.17) is 4.74 Å². The second-order valence-corrected chi connectivity index (χ2v) is 6.60. The van der Waals surface area contributed by atoms with E-state index in [2.05, 4.69) is 15.3 Å². The minimum atomic E-state index is -1.11. The van der Waals surface area contributed by atoms with Gasteiger partial charge in [0.05, 0.1) is 11.9 Å². The molecule has 3 aromatic rings. The summed E-state index contributed by atoms with van der Waals surface area (Å²) in [6.45, 7) is 5.67. The van der Waals surface area contributed by atoms with Crippen LogP contribution in [0.5, 0.6) is 0 Å². The lowest BCUT2D eigenvalue weighted by atomic mass is 10.1. The van der Waals surface area contributed by atoms with Crippen LogP contribution in [0.3, 0.4) is 0 Å². The lowest BCUT2D eigenvalue weighted by molar-refractivity contribution is -0.125. The maximum Gasteiger partial charge on any atom is 0.359 e. The summed E-state index contributed by atoms with van der Waals surface area (Å²) in [7, 11) is 0. The van der Waals surface area contributed by atoms with Crippen LogP contribution in [-0.4, -0.2) is 21.8 Å². The summed E-state index contributed by atoms with van der Waals surface area (Å²) in [5.41, 5.74) is 4.00. The Hall–Kier alpha value is -3.54. The highest BCUT2D eigenvalue weighted by molar-refractivity contribution is 5.97. The summed E-state index contributed by atoms with van der Waals surface area (Å²) in [6, 6.07) is 14.6. The zero-order valence-electron chi connectivity index (χ0n) is 16.0. The Morgan fingerprint density at radius 1 is 0.929 bits per heavy atom. The molecule has 0 bridgehead atoms. The summed E-state index contributed by atoms with van der Waals surface area (Å²) in [5, 5.41) is 2.84. The Balaban J connectivity index is 1.85. The molecular formula is C22H21N3O3. The number of hydrogen-bond acceptors (Lipinski definition) is 5. The molecule has 1 aromatic heterocycles. The lowest BCUT2D eigenvalue weighted by Crippen LogP contribution is -2.26. The molecule has 0 saturated heterocycles. The molecular weight excluding hydrogens is 354 g/mol. The van der Waals surface area contributed by atoms with Crippen molar-refractivity contribution in [1.29, 1.82) is 0 Å². The number of benzene rings is 2. The summed E-state index contributed by atoms with van der Waals surface area (Å²) in [5.74, 6) is -1.15. The Morgan fingerprint density at radius 2 is 1.61 bits per heavy atom. The van der Waals surface area contributed by atoms with Gasteiger partial charge in [0, 0.05) is 17.4 Å². The fourth-order valence-electron chi connectivity index (χ4n) is 2.82. The number of aryl methyl sites for hydroxylation is 3. The van der Waals surface area contributed by atoms with Gasteiger partial charge in [-0.25, -0.2) is 9.78 Å². The van der Waals surface area contributed by atoms with E-state index >= 15 is 0 Å². The SMILES string of the molecule is Cc1cc(C)cc(NC(=O)[C@H](OC(=O)c2cnc(C)cn2)c2ccccc2)c1. The van der Waals surface area contributed by atoms with Crippen LogP contribution in [0.4, 0.5) is 5.69 Å². The number of nitrogens with zero attached hydrogens (tertiary/aromatic N) is 2. The van der Waals surface area contributed by atoms with Gasteiger partial charge in [-0.3, -0.25) is 9.78 Å². The van der Waals surface area contributed by atoms with Crippen molar-refractivity contribution >= 4 is 17.6 Å². The third-order valence-electron chi connectivity index (χ3n) is 4.04. The van der Waals surface area contributed by atoms with Gasteiger partial charge < -0.3 is 10.1 Å². The van der Waals surface area contributed by atoms with Crippen LogP contribution in [0, 0.1) is 20.8 Å². The van der Waals surface area contributed by atoms with Crippen LogP contribution in [0.15, 0.2) is 60.9 Å². The van der Waals surface area contributed by atoms with Crippen molar-refractivity contribution in [1.82, 2.24) is 9.97 Å². The average molecular weight is 375 g/mol. The van der Waals surface area contributed by atoms with Crippen molar-refractivity contribution in [3.8, 4) is 0 Å². The molecule has 1 heterocycles. The molecule has 2 aromatic carbocycles. The Kier molecular flexibility index (Phi) is 5.79. The van der Waals surface area contributed by atoms with E-state index in [1.165, 1.54) is 12.4 Å². The summed E-state index contributed by atoms with van der Waals surface area (Å²) < 4.78 is 5.50. The topological polar surface area (TPSA) is 81.2 Å². The molecule has 0 aliphatic rings. The Bertz CT molecular complexity index is 965. The van der Waals surface area contributed by atoms with Crippen LogP contribution in [0.1, 0.15) is 39.0 Å². The highest BCUT2D eigenvalue weighted by Gasteiger charge is 2.26. The number of carbonyl (C=O) groups is 2. The predicted molar refractivity (Wildman–Crippen MR) is 106 cm³/mol. The van der Waals surface area contributed by atoms with E-state index in [1.54, 1.807) is 31.2 Å². The minimum absolute atomic E-state index is 0.0470. The lowest BCUT2D eigenvalue weighted by Gasteiger charge is -2.18. The highest BCUT2D eigenvalue weighted by atomic mass is 16.5. The van der Waals surface area contributed by atoms with Gasteiger partial charge in [0.2, 0.25) is 6.10 Å². The van der Waals surface area contributed by atoms with E-state index in [0.717, 1.165) is 11.1 Å². The Labute approximate surface area is 163 Å². The molecule has 3 rings (SSSR count). The fraction of sp³-hybridized carbons (Fsp3) is 0.182. The quantitative estimate of drug-likeness (QED) is 0.683. The number of esters is 1. The van der Waals surface area contributed by atoms with Gasteiger partial charge in [0.1, 0.15) is 0 Å². The zero-order valence-corrected chi connectivity index (χ0v) is 16.0. The maximum atomic E-state index is 12.9. The van der Waals surface area contributed by atoms with E-state index < -0.39 is 18.0 Å². The second-order valence-electron chi connectivity index (χ2n) is 6.60. The number of carbonyl (C=O) groups excluding carboxylic acids is 2. The maximum absolute atomic E-state index is 12.9. The first-order valence-corrected chi connectivity index (χ1v) is 8.86. The molecule has 1 amide bonds. The molecule has 0 spiro atoms. The van der Waals surface area contributed by atoms with Gasteiger partial charge in [0.15, 0.2) is 5.69 Å². The van der Waals surface area contributed by atoms with Gasteiger partial charge >= 0.3 is 5.97 Å². The second kappa shape index (κ2) is 8.43. The van der Waals surface area contributed by atoms with Crippen LogP contribution in [0.2, 0.25) is 0 Å². The van der Waals surface area contributed by atoms with E-state index in [1.807, 2.05) is 38.1 Å². The van der Waals surface area contributed by atoms with Crippen molar-refractivity contribution in [2.75, 3.05) is 5.32 Å². The summed E-state index contributed by atoms with van der Waals surface area (Å²) >= 11 is 0. The number of rotatable bonds is 5. The number of anilines is 1. The highest BCUT2D eigenvalue weighted by Crippen LogP contribution is 2.22. The predicted octanol–water partition coefficient (Wildman–Crippen LogP) is 3.94. The first-order chi connectivity index (χ1) is 13.4. The van der Waals surface area contributed by atoms with Crippen molar-refractivity contribution < 1.29 is 14.3 Å². The number of ether oxygens (including phenoxy) is 1. The first-order valence-electron chi connectivity index (χ1n) is 8.86. The van der Waals surface area contributed by atoms with Crippen molar-refractivity contribution in [2.45, 2.75) is 26.9 Å². The van der Waals surface area contributed by atoms with Gasteiger partial charge in [0.25, 0.3) is 5.91 Å². The van der Waals surface area contributed by atoms with Crippen LogP contribution >= 0.6 is 0 Å². The standard InChI is InChI=1S/C22H21N3O3/c1-14-9-15(2)11-18(10-14)25-21(26)20(17-7-5-4-6-8-17)28-22(27)19-13-23-16(3)12-24-19/h4-13,20H,1-3H3,(H,25,26)/t20-/m1/s1. The molecule has 142 valence electrons. The zero-order chi connectivity index (χ0) is 20.1. The third-order valence-corrected chi connectivity index (χ3v) is 4.04. The molecule has 28 heavy (non-hydrogen) atoms. The van der Waals surface area contributed by atoms with Crippen LogP contribution < -0.4 is 5.32 Å². The normalized spacial score (nSPS) is 11.5. The monoisotopic (exact) mass is 375 g/mol. The number of nitrogens with one attached hydrogen (secondary N) is 1. The first kappa shape index (κ1) is 19.2. The minimum Gasteiger partial charge on any atom is -0.443 e. The van der Waals surface area contributed by atoms with Gasteiger partial charge in [-0.2, -0.15) is 0 Å². The molecule has 1 N–H and O–H groups in total. The van der Waals surface area contributed by atoms with Gasteiger partial charge in [-0.15, -0.1) is 0 Å². The van der Waals surface area contributed by atoms with E-state index in [0.29, 0.717) is 16.9 Å². The number of aromatic nitrogens is 2. The molecule has 0 radical (unpaired) electrons. The largest absolute Gasteiger partial charge is 0.443 e. The molecule has 6 heteroatoms. The molecule has 0 fully saturated rings. The van der Waals surface area contributed by atoms with Gasteiger partial charge in [-0.1, -0.05) is 36.4 Å².